The number of thiol groups is 2. The van der Waals surface area contributed by atoms with Gasteiger partial charge in [-0.25, -0.2) is 0 Å². The van der Waals surface area contributed by atoms with E-state index in [0.29, 0.717) is 0 Å². The van der Waals surface area contributed by atoms with E-state index in [2.05, 4.69) is 36.3 Å². The summed E-state index contributed by atoms with van der Waals surface area (Å²) >= 11 is 6.55. The number of carbonyl (C=O) groups excluding carboxylic acids is 2. The van der Waals surface area contributed by atoms with Crippen LogP contribution >= 0.6 is 25.3 Å². The summed E-state index contributed by atoms with van der Waals surface area (Å²) in [6.07, 6.45) is 0. The number of amides is 2. The maximum absolute atomic E-state index is 10.2. The Morgan fingerprint density at radius 2 is 1.77 bits per heavy atom. The van der Waals surface area contributed by atoms with Crippen LogP contribution in [0.4, 0.5) is 9.59 Å². The second-order valence-corrected chi connectivity index (χ2v) is 3.35. The second-order valence-electron chi connectivity index (χ2n) is 2.51. The molecule has 0 aliphatic heterocycles. The highest BCUT2D eigenvalue weighted by atomic mass is 32.1. The Morgan fingerprint density at radius 1 is 1.46 bits per heavy atom. The van der Waals surface area contributed by atoms with E-state index in [1.165, 1.54) is 0 Å². The number of rotatable bonds is 1. The topological polar surface area (TPSA) is 96.0 Å². The predicted molar refractivity (Wildman–Crippen MR) is 55.8 cm³/mol. The molecule has 0 atom stereocenters. The first-order chi connectivity index (χ1) is 5.71. The predicted octanol–water partition coefficient (Wildman–Crippen LogP) is 0.923. The number of nitriles is 1. The average Bonchev–Trinajstić information content (AvgIpc) is 1.83. The lowest BCUT2D eigenvalue weighted by atomic mass is 10.1. The molecule has 0 radical (unpaired) electrons. The molecule has 0 fully saturated rings. The Balaban J connectivity index is 0. The first kappa shape index (κ1) is 14.6. The Kier molecular flexibility index (Phi) is 7.46. The van der Waals surface area contributed by atoms with Crippen molar-refractivity contribution in [1.82, 2.24) is 5.32 Å². The van der Waals surface area contributed by atoms with E-state index >= 15 is 0 Å². The molecule has 7 heteroatoms. The average molecular weight is 221 g/mol. The fourth-order valence-electron chi connectivity index (χ4n) is 0.295. The molecule has 0 unspecified atom stereocenters. The van der Waals surface area contributed by atoms with E-state index in [1.807, 2.05) is 6.07 Å². The van der Waals surface area contributed by atoms with Crippen LogP contribution in [0.3, 0.4) is 0 Å². The molecule has 0 saturated carbocycles. The lowest BCUT2D eigenvalue weighted by Gasteiger charge is -2.14. The van der Waals surface area contributed by atoms with Crippen LogP contribution < -0.4 is 11.1 Å². The lowest BCUT2D eigenvalue weighted by Crippen LogP contribution is -2.39. The molecule has 0 heterocycles. The largest absolute Gasteiger partial charge is 0.361 e. The van der Waals surface area contributed by atoms with Crippen molar-refractivity contribution in [2.45, 2.75) is 19.4 Å². The summed E-state index contributed by atoms with van der Waals surface area (Å²) in [6.45, 7) is 3.20. The smallest absolute Gasteiger partial charge is 0.277 e. The van der Waals surface area contributed by atoms with Crippen molar-refractivity contribution in [3.05, 3.63) is 0 Å². The zero-order valence-electron chi connectivity index (χ0n) is 7.24. The van der Waals surface area contributed by atoms with Gasteiger partial charge in [-0.15, -0.1) is 0 Å². The molecular weight excluding hydrogens is 210 g/mol. The highest BCUT2D eigenvalue weighted by Crippen LogP contribution is 1.98. The molecule has 0 aromatic rings. The fraction of sp³-hybridized carbons (Fsp3) is 0.500. The lowest BCUT2D eigenvalue weighted by molar-refractivity contribution is 0.256. The fourth-order valence-corrected chi connectivity index (χ4v) is 0.575. The summed E-state index contributed by atoms with van der Waals surface area (Å²) in [5.74, 6) is 0. The number of nitrogens with two attached hydrogens (primary N) is 1. The summed E-state index contributed by atoms with van der Waals surface area (Å²) in [7, 11) is 0. The zero-order valence-corrected chi connectivity index (χ0v) is 9.02. The van der Waals surface area contributed by atoms with Gasteiger partial charge in [-0.2, -0.15) is 5.26 Å². The minimum absolute atomic E-state index is 0.485. The molecule has 0 aliphatic rings. The Labute approximate surface area is 87.5 Å². The monoisotopic (exact) mass is 221 g/mol. The van der Waals surface area contributed by atoms with Gasteiger partial charge < -0.3 is 11.1 Å². The van der Waals surface area contributed by atoms with Crippen molar-refractivity contribution in [2.24, 2.45) is 5.73 Å². The van der Waals surface area contributed by atoms with Gasteiger partial charge in [-0.3, -0.25) is 9.59 Å². The van der Waals surface area contributed by atoms with Gasteiger partial charge in [0.05, 0.1) is 6.07 Å². The molecule has 0 rings (SSSR count). The van der Waals surface area contributed by atoms with E-state index < -0.39 is 16.0 Å². The van der Waals surface area contributed by atoms with Gasteiger partial charge in [0.25, 0.3) is 10.5 Å². The Bertz CT molecular complexity index is 231. The highest BCUT2D eigenvalue weighted by Gasteiger charge is 2.16. The Hall–Kier alpha value is -0.870. The molecule has 0 saturated heterocycles. The van der Waals surface area contributed by atoms with E-state index in [0.717, 1.165) is 0 Å². The van der Waals surface area contributed by atoms with Gasteiger partial charge in [0.1, 0.15) is 5.54 Å². The standard InChI is InChI=1S/C5H8N2OS.CH3NOS/c1-5(2,3-6)7-4(8)9;2-1(3)4/h1-2H3,(H2,7,8,9);(H3,2,3,4). The maximum atomic E-state index is 10.2. The molecule has 0 spiro atoms. The molecule has 0 aromatic heterocycles. The van der Waals surface area contributed by atoms with Crippen LogP contribution in [0.25, 0.3) is 0 Å². The van der Waals surface area contributed by atoms with Gasteiger partial charge in [0.15, 0.2) is 0 Å². The van der Waals surface area contributed by atoms with Crippen LogP contribution in [-0.4, -0.2) is 16.0 Å². The molecule has 0 aromatic carbocycles. The van der Waals surface area contributed by atoms with Crippen molar-refractivity contribution in [3.63, 3.8) is 0 Å². The first-order valence-corrected chi connectivity index (χ1v) is 4.01. The quantitative estimate of drug-likeness (QED) is 0.496. The minimum Gasteiger partial charge on any atom is -0.361 e. The number of carbonyl (C=O) groups is 2. The summed E-state index contributed by atoms with van der Waals surface area (Å²) < 4.78 is 0. The number of hydrogen-bond donors (Lipinski definition) is 4. The normalized spacial score (nSPS) is 8.85. The number of nitrogens with one attached hydrogen (secondary N) is 1. The van der Waals surface area contributed by atoms with E-state index in [-0.39, 0.29) is 0 Å². The number of hydrogen-bond acceptors (Lipinski definition) is 3. The van der Waals surface area contributed by atoms with Crippen molar-refractivity contribution >= 4 is 35.7 Å². The Morgan fingerprint density at radius 3 is 1.85 bits per heavy atom. The van der Waals surface area contributed by atoms with Crippen LogP contribution in [0.1, 0.15) is 13.8 Å². The SMILES string of the molecule is CC(C)(C#N)NC(=O)S.NC(=O)S. The van der Waals surface area contributed by atoms with Crippen LogP contribution in [0.5, 0.6) is 0 Å². The third-order valence-corrected chi connectivity index (χ3v) is 0.811. The molecule has 74 valence electrons. The molecule has 13 heavy (non-hydrogen) atoms. The van der Waals surface area contributed by atoms with E-state index in [4.69, 9.17) is 10.1 Å². The molecule has 0 aliphatic carbocycles. The minimum atomic E-state index is -0.807. The number of nitrogens with zero attached hydrogens (tertiary/aromatic N) is 1. The third-order valence-electron chi connectivity index (χ3n) is 0.699. The van der Waals surface area contributed by atoms with E-state index in [9.17, 15) is 4.79 Å². The maximum Gasteiger partial charge on any atom is 0.277 e. The van der Waals surface area contributed by atoms with Crippen molar-refractivity contribution < 1.29 is 9.59 Å². The van der Waals surface area contributed by atoms with Crippen LogP contribution in [0.15, 0.2) is 0 Å². The van der Waals surface area contributed by atoms with Crippen molar-refractivity contribution in [1.29, 1.82) is 5.26 Å². The van der Waals surface area contributed by atoms with Crippen LogP contribution in [0.2, 0.25) is 0 Å². The highest BCUT2D eigenvalue weighted by molar-refractivity contribution is 7.96. The molecular formula is C6H11N3O2S2. The van der Waals surface area contributed by atoms with Gasteiger partial charge in [0.2, 0.25) is 0 Å². The van der Waals surface area contributed by atoms with Crippen molar-refractivity contribution in [2.75, 3.05) is 0 Å². The third kappa shape index (κ3) is 18.2. The molecule has 3 N–H and O–H groups in total. The molecule has 5 nitrogen and oxygen atoms in total. The van der Waals surface area contributed by atoms with Crippen molar-refractivity contribution in [3.8, 4) is 6.07 Å². The van der Waals surface area contributed by atoms with Gasteiger partial charge >= 0.3 is 0 Å². The first-order valence-electron chi connectivity index (χ1n) is 3.12. The summed E-state index contributed by atoms with van der Waals surface area (Å²) in [6, 6.07) is 1.89. The zero-order chi connectivity index (χ0) is 11.1. The van der Waals surface area contributed by atoms with Crippen LogP contribution in [0, 0.1) is 11.3 Å². The van der Waals surface area contributed by atoms with E-state index in [1.54, 1.807) is 13.8 Å². The molecule has 2 amide bonds. The number of primary amides is 1. The summed E-state index contributed by atoms with van der Waals surface area (Å²) in [4.78, 5) is 19.3. The second kappa shape index (κ2) is 6.62. The summed E-state index contributed by atoms with van der Waals surface area (Å²) in [5, 5.41) is 9.55. The molecule has 0 bridgehead atoms. The van der Waals surface area contributed by atoms with Gasteiger partial charge in [-0.05, 0) is 13.8 Å². The summed E-state index contributed by atoms with van der Waals surface area (Å²) in [5.41, 5.74) is 3.53. The van der Waals surface area contributed by atoms with Crippen LogP contribution in [-0.2, 0) is 0 Å². The van der Waals surface area contributed by atoms with Gasteiger partial charge in [-0.1, -0.05) is 25.3 Å². The van der Waals surface area contributed by atoms with Gasteiger partial charge in [0, 0.05) is 0 Å².